The van der Waals surface area contributed by atoms with E-state index < -0.39 is 5.79 Å². The summed E-state index contributed by atoms with van der Waals surface area (Å²) in [6.45, 7) is 4.94. The molecule has 5 nitrogen and oxygen atoms in total. The van der Waals surface area contributed by atoms with Crippen molar-refractivity contribution in [3.63, 3.8) is 0 Å². The van der Waals surface area contributed by atoms with Gasteiger partial charge in [-0.3, -0.25) is 0 Å². The first-order valence-electron chi connectivity index (χ1n) is 5.08. The van der Waals surface area contributed by atoms with Crippen LogP contribution in [0.3, 0.4) is 0 Å². The highest BCUT2D eigenvalue weighted by Gasteiger charge is 2.35. The third-order valence-electron chi connectivity index (χ3n) is 2.42. The lowest BCUT2D eigenvalue weighted by molar-refractivity contribution is -0.157. The molecule has 0 radical (unpaired) electrons. The number of rotatable bonds is 4. The lowest BCUT2D eigenvalue weighted by Gasteiger charge is -2.20. The molecule has 1 fully saturated rings. The van der Waals surface area contributed by atoms with E-state index in [1.54, 1.807) is 0 Å². The Bertz CT molecular complexity index is 360. The molecule has 1 aromatic rings. The number of hydrogen-bond donors (Lipinski definition) is 1. The van der Waals surface area contributed by atoms with Crippen molar-refractivity contribution in [3.05, 3.63) is 0 Å². The van der Waals surface area contributed by atoms with Crippen molar-refractivity contribution in [3.8, 4) is 5.19 Å². The van der Waals surface area contributed by atoms with E-state index in [4.69, 9.17) is 14.2 Å². The number of thiol groups is 1. The Morgan fingerprint density at radius 3 is 3.06 bits per heavy atom. The molecule has 1 saturated heterocycles. The number of ether oxygens (including phenoxy) is 3. The Morgan fingerprint density at radius 2 is 2.50 bits per heavy atom. The Kier molecular flexibility index (Phi) is 3.68. The molecule has 2 heterocycles. The first-order chi connectivity index (χ1) is 7.61. The van der Waals surface area contributed by atoms with Gasteiger partial charge in [0.15, 0.2) is 5.79 Å². The Morgan fingerprint density at radius 1 is 1.69 bits per heavy atom. The second kappa shape index (κ2) is 4.87. The van der Waals surface area contributed by atoms with Crippen molar-refractivity contribution < 1.29 is 14.2 Å². The topological polar surface area (TPSA) is 53.5 Å². The van der Waals surface area contributed by atoms with Crippen LogP contribution in [0.25, 0.3) is 0 Å². The molecule has 16 heavy (non-hydrogen) atoms. The van der Waals surface area contributed by atoms with Crippen molar-refractivity contribution in [2.24, 2.45) is 0 Å². The van der Waals surface area contributed by atoms with Crippen molar-refractivity contribution in [1.29, 1.82) is 0 Å². The van der Waals surface area contributed by atoms with Crippen LogP contribution >= 0.6 is 24.2 Å². The van der Waals surface area contributed by atoms with Crippen LogP contribution in [0.4, 0.5) is 0 Å². The van der Waals surface area contributed by atoms with E-state index in [1.807, 2.05) is 13.8 Å². The van der Waals surface area contributed by atoms with Crippen LogP contribution in [0, 0.1) is 0 Å². The van der Waals surface area contributed by atoms with E-state index in [-0.39, 0.29) is 6.10 Å². The molecule has 90 valence electrons. The van der Waals surface area contributed by atoms with Crippen LogP contribution < -0.4 is 4.74 Å². The van der Waals surface area contributed by atoms with Crippen molar-refractivity contribution in [2.45, 2.75) is 37.3 Å². The maximum Gasteiger partial charge on any atom is 0.294 e. The summed E-state index contributed by atoms with van der Waals surface area (Å²) in [5, 5.41) is 0.945. The monoisotopic (exact) mass is 262 g/mol. The molecule has 0 N–H and O–H groups in total. The molecule has 0 aromatic carbocycles. The quantitative estimate of drug-likeness (QED) is 0.838. The second-order valence-corrected chi connectivity index (χ2v) is 4.82. The third kappa shape index (κ3) is 2.85. The Balaban J connectivity index is 1.80. The average Bonchev–Trinajstić information content (AvgIpc) is 2.83. The van der Waals surface area contributed by atoms with Crippen LogP contribution in [0.5, 0.6) is 5.19 Å². The number of hydrogen-bond acceptors (Lipinski definition) is 7. The van der Waals surface area contributed by atoms with E-state index in [1.165, 1.54) is 11.5 Å². The second-order valence-electron chi connectivity index (χ2n) is 3.71. The summed E-state index contributed by atoms with van der Waals surface area (Å²) in [7, 11) is 0. The molecule has 0 amide bonds. The van der Waals surface area contributed by atoms with Gasteiger partial charge < -0.3 is 14.2 Å². The molecule has 0 saturated carbocycles. The summed E-state index contributed by atoms with van der Waals surface area (Å²) in [4.78, 5) is 3.98. The fraction of sp³-hybridized carbons (Fsp3) is 0.778. The zero-order chi connectivity index (χ0) is 11.6. The molecule has 0 bridgehead atoms. The highest BCUT2D eigenvalue weighted by Crippen LogP contribution is 2.27. The number of nitrogens with zero attached hydrogens (tertiary/aromatic N) is 2. The van der Waals surface area contributed by atoms with Gasteiger partial charge in [0.1, 0.15) is 12.7 Å². The lowest BCUT2D eigenvalue weighted by Crippen LogP contribution is -2.27. The van der Waals surface area contributed by atoms with Gasteiger partial charge in [0.05, 0.1) is 6.61 Å². The highest BCUT2D eigenvalue weighted by molar-refractivity contribution is 7.80. The van der Waals surface area contributed by atoms with Crippen LogP contribution in [-0.4, -0.2) is 34.5 Å². The molecule has 2 unspecified atom stereocenters. The normalized spacial score (nSPS) is 29.6. The van der Waals surface area contributed by atoms with Gasteiger partial charge in [-0.25, -0.2) is 0 Å². The van der Waals surface area contributed by atoms with Crippen molar-refractivity contribution in [1.82, 2.24) is 9.36 Å². The zero-order valence-electron chi connectivity index (χ0n) is 9.17. The number of aromatic nitrogens is 2. The van der Waals surface area contributed by atoms with Gasteiger partial charge in [-0.1, -0.05) is 6.92 Å². The molecular weight excluding hydrogens is 248 g/mol. The summed E-state index contributed by atoms with van der Waals surface area (Å²) >= 11 is 5.19. The SMILES string of the molecule is CCC1(C)OCC(COc2nc(S)ns2)O1. The molecule has 2 atom stereocenters. The first-order valence-corrected chi connectivity index (χ1v) is 6.30. The summed E-state index contributed by atoms with van der Waals surface area (Å²) in [5.74, 6) is -0.468. The molecule has 2 rings (SSSR count). The smallest absolute Gasteiger partial charge is 0.294 e. The standard InChI is InChI=1S/C9H14N2O3S2/c1-3-9(2)13-5-6(14-9)4-12-8-10-7(15)11-16-8/h6H,3-5H2,1-2H3,(H,11,15). The minimum Gasteiger partial charge on any atom is -0.466 e. The van der Waals surface area contributed by atoms with Gasteiger partial charge in [-0.05, 0) is 13.3 Å². The van der Waals surface area contributed by atoms with E-state index in [0.29, 0.717) is 23.6 Å². The van der Waals surface area contributed by atoms with Gasteiger partial charge in [0.2, 0.25) is 5.16 Å². The van der Waals surface area contributed by atoms with Gasteiger partial charge in [0.25, 0.3) is 5.19 Å². The van der Waals surface area contributed by atoms with E-state index in [0.717, 1.165) is 6.42 Å². The van der Waals surface area contributed by atoms with E-state index in [9.17, 15) is 0 Å². The fourth-order valence-corrected chi connectivity index (χ4v) is 2.11. The predicted octanol–water partition coefficient (Wildman–Crippen LogP) is 1.75. The minimum absolute atomic E-state index is 0.0442. The van der Waals surface area contributed by atoms with Crippen LogP contribution in [0.2, 0.25) is 0 Å². The van der Waals surface area contributed by atoms with Crippen LogP contribution in [-0.2, 0) is 9.47 Å². The maximum absolute atomic E-state index is 5.72. The third-order valence-corrected chi connectivity index (χ3v) is 3.39. The Labute approximate surface area is 104 Å². The zero-order valence-corrected chi connectivity index (χ0v) is 10.9. The Hall–Kier alpha value is -0.370. The summed E-state index contributed by atoms with van der Waals surface area (Å²) in [6.07, 6.45) is 0.778. The summed E-state index contributed by atoms with van der Waals surface area (Å²) in [6, 6.07) is 0. The summed E-state index contributed by atoms with van der Waals surface area (Å²) in [5.41, 5.74) is 0. The molecule has 0 aliphatic carbocycles. The van der Waals surface area contributed by atoms with E-state index >= 15 is 0 Å². The van der Waals surface area contributed by atoms with E-state index in [2.05, 4.69) is 22.0 Å². The van der Waals surface area contributed by atoms with Gasteiger partial charge >= 0.3 is 0 Å². The van der Waals surface area contributed by atoms with Gasteiger partial charge in [0, 0.05) is 11.5 Å². The predicted molar refractivity (Wildman–Crippen MR) is 62.2 cm³/mol. The largest absolute Gasteiger partial charge is 0.466 e. The van der Waals surface area contributed by atoms with Crippen molar-refractivity contribution in [2.75, 3.05) is 13.2 Å². The summed E-state index contributed by atoms with van der Waals surface area (Å²) < 4.78 is 20.6. The molecule has 1 aliphatic heterocycles. The lowest BCUT2D eigenvalue weighted by atomic mass is 10.2. The average molecular weight is 262 g/mol. The van der Waals surface area contributed by atoms with Crippen LogP contribution in [0.15, 0.2) is 5.16 Å². The maximum atomic E-state index is 5.72. The molecule has 0 spiro atoms. The molecule has 1 aliphatic rings. The minimum atomic E-state index is -0.468. The van der Waals surface area contributed by atoms with Crippen molar-refractivity contribution >= 4 is 24.2 Å². The first kappa shape index (κ1) is 12.1. The fourth-order valence-electron chi connectivity index (χ4n) is 1.38. The highest BCUT2D eigenvalue weighted by atomic mass is 32.1. The molecule has 1 aromatic heterocycles. The van der Waals surface area contributed by atoms with Crippen LogP contribution in [0.1, 0.15) is 20.3 Å². The van der Waals surface area contributed by atoms with Gasteiger partial charge in [-0.2, -0.15) is 9.36 Å². The molecular formula is C9H14N2O3S2. The van der Waals surface area contributed by atoms with Gasteiger partial charge in [-0.15, -0.1) is 12.6 Å². The molecule has 7 heteroatoms.